The fourth-order valence-electron chi connectivity index (χ4n) is 4.64. The first-order valence-corrected chi connectivity index (χ1v) is 13.2. The van der Waals surface area contributed by atoms with Gasteiger partial charge in [0.05, 0.1) is 13.2 Å². The molecule has 1 fully saturated rings. The molecule has 1 atom stereocenters. The molecule has 6 nitrogen and oxygen atoms in total. The standard InChI is InChI=1S/C31H34ClN3O3/c1-38-29-23-24(11-16-28(29)36)7-5-6-10-30(37)33-17-18-34-19-21-35(22-20-34)31(25-8-3-2-4-9-25)26-12-14-27(32)15-13-26/h2-16,23,31,36H,17-22H2,1H3,(H,33,37). The highest BCUT2D eigenvalue weighted by Gasteiger charge is 2.26. The summed E-state index contributed by atoms with van der Waals surface area (Å²) < 4.78 is 5.11. The minimum Gasteiger partial charge on any atom is -0.504 e. The van der Waals surface area contributed by atoms with Crippen molar-refractivity contribution in [2.75, 3.05) is 46.4 Å². The van der Waals surface area contributed by atoms with Crippen molar-refractivity contribution in [3.05, 3.63) is 113 Å². The molecule has 1 heterocycles. The van der Waals surface area contributed by atoms with Gasteiger partial charge in [-0.15, -0.1) is 0 Å². The van der Waals surface area contributed by atoms with Crippen molar-refractivity contribution in [2.45, 2.75) is 6.04 Å². The number of allylic oxidation sites excluding steroid dienone is 2. The van der Waals surface area contributed by atoms with Crippen LogP contribution in [0, 0.1) is 0 Å². The topological polar surface area (TPSA) is 65.0 Å². The van der Waals surface area contributed by atoms with E-state index >= 15 is 0 Å². The van der Waals surface area contributed by atoms with Gasteiger partial charge in [0.15, 0.2) is 11.5 Å². The number of benzene rings is 3. The summed E-state index contributed by atoms with van der Waals surface area (Å²) in [6.45, 7) is 5.20. The Kier molecular flexibility index (Phi) is 9.98. The molecule has 0 spiro atoms. The molecule has 1 amide bonds. The van der Waals surface area contributed by atoms with Crippen molar-refractivity contribution in [1.29, 1.82) is 0 Å². The van der Waals surface area contributed by atoms with Crippen LogP contribution in [-0.4, -0.2) is 67.2 Å². The van der Waals surface area contributed by atoms with E-state index in [0.29, 0.717) is 12.3 Å². The van der Waals surface area contributed by atoms with Crippen LogP contribution in [-0.2, 0) is 4.79 Å². The first kappa shape index (κ1) is 27.5. The zero-order chi connectivity index (χ0) is 26.7. The van der Waals surface area contributed by atoms with Crippen LogP contribution in [0.1, 0.15) is 22.7 Å². The number of amides is 1. The summed E-state index contributed by atoms with van der Waals surface area (Å²) in [5.74, 6) is 0.386. The summed E-state index contributed by atoms with van der Waals surface area (Å²) >= 11 is 6.14. The predicted molar refractivity (Wildman–Crippen MR) is 154 cm³/mol. The summed E-state index contributed by atoms with van der Waals surface area (Å²) in [7, 11) is 1.51. The van der Waals surface area contributed by atoms with Crippen molar-refractivity contribution < 1.29 is 14.6 Å². The molecule has 3 aromatic rings. The molecule has 0 saturated carbocycles. The van der Waals surface area contributed by atoms with E-state index in [0.717, 1.165) is 43.3 Å². The molecule has 4 rings (SSSR count). The lowest BCUT2D eigenvalue weighted by Crippen LogP contribution is -2.49. The molecule has 3 aromatic carbocycles. The van der Waals surface area contributed by atoms with Gasteiger partial charge in [-0.1, -0.05) is 78.4 Å². The van der Waals surface area contributed by atoms with Crippen LogP contribution in [0.4, 0.5) is 0 Å². The van der Waals surface area contributed by atoms with E-state index in [1.54, 1.807) is 30.4 Å². The van der Waals surface area contributed by atoms with Crippen LogP contribution in [0.3, 0.4) is 0 Å². The molecular weight excluding hydrogens is 498 g/mol. The first-order valence-electron chi connectivity index (χ1n) is 12.8. The number of nitrogens with one attached hydrogen (secondary N) is 1. The molecule has 2 N–H and O–H groups in total. The lowest BCUT2D eigenvalue weighted by Gasteiger charge is -2.39. The largest absolute Gasteiger partial charge is 0.504 e. The third-order valence-electron chi connectivity index (χ3n) is 6.65. The summed E-state index contributed by atoms with van der Waals surface area (Å²) in [5.41, 5.74) is 3.39. The number of aromatic hydroxyl groups is 1. The molecule has 38 heavy (non-hydrogen) atoms. The zero-order valence-electron chi connectivity index (χ0n) is 21.6. The minimum atomic E-state index is -0.122. The Labute approximate surface area is 229 Å². The molecule has 0 aliphatic carbocycles. The molecule has 1 unspecified atom stereocenters. The zero-order valence-corrected chi connectivity index (χ0v) is 22.3. The van der Waals surface area contributed by atoms with E-state index in [1.165, 1.54) is 24.3 Å². The second-order valence-corrected chi connectivity index (χ2v) is 9.62. The SMILES string of the molecule is COc1cc(C=CC=CC(=O)NCCN2CCN(C(c3ccccc3)c3ccc(Cl)cc3)CC2)ccc1O. The van der Waals surface area contributed by atoms with E-state index in [-0.39, 0.29) is 17.7 Å². The Morgan fingerprint density at radius 1 is 1.00 bits per heavy atom. The highest BCUT2D eigenvalue weighted by Crippen LogP contribution is 2.30. The molecular formula is C31H34ClN3O3. The number of hydrogen-bond acceptors (Lipinski definition) is 5. The van der Waals surface area contributed by atoms with Crippen LogP contribution >= 0.6 is 11.6 Å². The van der Waals surface area contributed by atoms with Gasteiger partial charge in [-0.3, -0.25) is 14.6 Å². The molecule has 0 aromatic heterocycles. The summed E-state index contributed by atoms with van der Waals surface area (Å²) in [5, 5.41) is 13.4. The van der Waals surface area contributed by atoms with Gasteiger partial charge >= 0.3 is 0 Å². The smallest absolute Gasteiger partial charge is 0.244 e. The number of halogens is 1. The minimum absolute atomic E-state index is 0.0959. The number of rotatable bonds is 10. The van der Waals surface area contributed by atoms with Crippen molar-refractivity contribution in [2.24, 2.45) is 0 Å². The number of carbonyl (C=O) groups excluding carboxylic acids is 1. The van der Waals surface area contributed by atoms with Crippen molar-refractivity contribution in [1.82, 2.24) is 15.1 Å². The maximum absolute atomic E-state index is 12.2. The fraction of sp³-hybridized carbons (Fsp3) is 0.258. The van der Waals surface area contributed by atoms with Crippen molar-refractivity contribution in [3.8, 4) is 11.5 Å². The molecule has 1 saturated heterocycles. The number of methoxy groups -OCH3 is 1. The lowest BCUT2D eigenvalue weighted by atomic mass is 9.96. The number of nitrogens with zero attached hydrogens (tertiary/aromatic N) is 2. The van der Waals surface area contributed by atoms with E-state index in [4.69, 9.17) is 16.3 Å². The maximum Gasteiger partial charge on any atom is 0.244 e. The lowest BCUT2D eigenvalue weighted by molar-refractivity contribution is -0.116. The van der Waals surface area contributed by atoms with Gasteiger partial charge in [-0.2, -0.15) is 0 Å². The van der Waals surface area contributed by atoms with Gasteiger partial charge < -0.3 is 15.2 Å². The fourth-order valence-corrected chi connectivity index (χ4v) is 4.77. The highest BCUT2D eigenvalue weighted by molar-refractivity contribution is 6.30. The summed E-state index contributed by atoms with van der Waals surface area (Å²) in [6.07, 6.45) is 6.85. The normalized spacial score (nSPS) is 15.6. The molecule has 198 valence electrons. The first-order chi connectivity index (χ1) is 18.5. The third-order valence-corrected chi connectivity index (χ3v) is 6.90. The van der Waals surface area contributed by atoms with Crippen LogP contribution in [0.2, 0.25) is 5.02 Å². The number of ether oxygens (including phenoxy) is 1. The molecule has 1 aliphatic rings. The van der Waals surface area contributed by atoms with E-state index in [1.807, 2.05) is 24.3 Å². The summed E-state index contributed by atoms with van der Waals surface area (Å²) in [6, 6.07) is 24.0. The Morgan fingerprint density at radius 2 is 1.71 bits per heavy atom. The summed E-state index contributed by atoms with van der Waals surface area (Å²) in [4.78, 5) is 17.1. The van der Waals surface area contributed by atoms with E-state index in [9.17, 15) is 9.90 Å². The Morgan fingerprint density at radius 3 is 2.42 bits per heavy atom. The molecule has 1 aliphatic heterocycles. The average molecular weight is 532 g/mol. The molecule has 7 heteroatoms. The number of piperazine rings is 1. The Bertz CT molecular complexity index is 1240. The number of carbonyl (C=O) groups is 1. The number of phenolic OH excluding ortho intramolecular Hbond substituents is 1. The van der Waals surface area contributed by atoms with Gasteiger partial charge in [0.1, 0.15) is 0 Å². The van der Waals surface area contributed by atoms with Crippen LogP contribution in [0.15, 0.2) is 91.0 Å². The van der Waals surface area contributed by atoms with Gasteiger partial charge in [-0.25, -0.2) is 0 Å². The predicted octanol–water partition coefficient (Wildman–Crippen LogP) is 5.15. The van der Waals surface area contributed by atoms with Gasteiger partial charge in [0, 0.05) is 50.4 Å². The number of phenols is 1. The maximum atomic E-state index is 12.2. The molecule has 0 radical (unpaired) electrons. The highest BCUT2D eigenvalue weighted by atomic mass is 35.5. The third kappa shape index (κ3) is 7.71. The quantitative estimate of drug-likeness (QED) is 0.280. The van der Waals surface area contributed by atoms with Crippen LogP contribution in [0.5, 0.6) is 11.5 Å². The van der Waals surface area contributed by atoms with Gasteiger partial charge in [0.2, 0.25) is 5.91 Å². The average Bonchev–Trinajstić information content (AvgIpc) is 2.94. The second kappa shape index (κ2) is 13.8. The van der Waals surface area contributed by atoms with Crippen LogP contribution in [0.25, 0.3) is 6.08 Å². The molecule has 0 bridgehead atoms. The second-order valence-electron chi connectivity index (χ2n) is 9.18. The van der Waals surface area contributed by atoms with Crippen molar-refractivity contribution >= 4 is 23.6 Å². The van der Waals surface area contributed by atoms with E-state index in [2.05, 4.69) is 51.5 Å². The Hall–Kier alpha value is -3.58. The van der Waals surface area contributed by atoms with Gasteiger partial charge in [0.25, 0.3) is 0 Å². The number of hydrogen-bond donors (Lipinski definition) is 2. The monoisotopic (exact) mass is 531 g/mol. The Balaban J connectivity index is 1.23. The van der Waals surface area contributed by atoms with Crippen LogP contribution < -0.4 is 10.1 Å². The van der Waals surface area contributed by atoms with Gasteiger partial charge in [-0.05, 0) is 41.0 Å². The van der Waals surface area contributed by atoms with Crippen molar-refractivity contribution in [3.63, 3.8) is 0 Å². The van der Waals surface area contributed by atoms with E-state index < -0.39 is 0 Å².